The van der Waals surface area contributed by atoms with Gasteiger partial charge in [0.05, 0.1) is 49.4 Å². The van der Waals surface area contributed by atoms with E-state index in [1.54, 1.807) is 40.2 Å². The van der Waals surface area contributed by atoms with Crippen molar-refractivity contribution in [3.8, 4) is 0 Å². The Labute approximate surface area is 218 Å². The smallest absolute Gasteiger partial charge is 0.256 e. The van der Waals surface area contributed by atoms with Gasteiger partial charge in [-0.25, -0.2) is 18.2 Å². The van der Waals surface area contributed by atoms with Crippen LogP contribution in [0.2, 0.25) is 0 Å². The first-order valence-corrected chi connectivity index (χ1v) is 12.6. The summed E-state index contributed by atoms with van der Waals surface area (Å²) in [6, 6.07) is 4.14. The fourth-order valence-electron chi connectivity index (χ4n) is 5.41. The van der Waals surface area contributed by atoms with Gasteiger partial charge in [0.15, 0.2) is 11.6 Å². The Morgan fingerprint density at radius 3 is 2.82 bits per heavy atom. The summed E-state index contributed by atoms with van der Waals surface area (Å²) in [5, 5.41) is 2.94. The lowest BCUT2D eigenvalue weighted by molar-refractivity contribution is -0.128. The molecule has 1 aromatic carbocycles. The molecule has 202 valence electrons. The van der Waals surface area contributed by atoms with E-state index < -0.39 is 29.4 Å². The zero-order valence-electron chi connectivity index (χ0n) is 21.3. The van der Waals surface area contributed by atoms with Crippen LogP contribution in [0.25, 0.3) is 5.52 Å². The highest BCUT2D eigenvalue weighted by atomic mass is 19.2. The second-order valence-electron chi connectivity index (χ2n) is 10.5. The fraction of sp³-hybridized carbons (Fsp3) is 0.444. The number of piperidine rings is 1. The van der Waals surface area contributed by atoms with Crippen molar-refractivity contribution >= 4 is 17.3 Å². The van der Waals surface area contributed by atoms with Crippen LogP contribution >= 0.6 is 0 Å². The minimum Gasteiger partial charge on any atom is -0.378 e. The number of imidazole rings is 1. The second kappa shape index (κ2) is 10.4. The quantitative estimate of drug-likeness (QED) is 0.515. The van der Waals surface area contributed by atoms with Crippen molar-refractivity contribution in [2.45, 2.75) is 37.8 Å². The van der Waals surface area contributed by atoms with Gasteiger partial charge in [-0.3, -0.25) is 14.5 Å². The minimum absolute atomic E-state index is 0.0501. The number of morpholine rings is 1. The monoisotopic (exact) mass is 529 g/mol. The standard InChI is InChI=1S/C27H30F3N5O3/c1-27(2)15-38-9-8-35(27)14-24(36)32-22-13-33(26(37)19-4-3-6-34-16-31-12-23(19)34)7-5-18(22)20-10-17(28)11-21(29)25(20)30/h3-4,6,10-12,16,18,22H,5,7-9,13-15H2,1-2H3,(H,32,36)/t18-,22+/m0/s1. The maximum absolute atomic E-state index is 14.8. The number of nitrogens with zero attached hydrogens (tertiary/aromatic N) is 4. The number of amides is 2. The van der Waals surface area contributed by atoms with Gasteiger partial charge in [0.1, 0.15) is 5.82 Å². The zero-order valence-corrected chi connectivity index (χ0v) is 21.3. The highest BCUT2D eigenvalue weighted by molar-refractivity contribution is 6.00. The molecule has 8 nitrogen and oxygen atoms in total. The average Bonchev–Trinajstić information content (AvgIpc) is 3.36. The first-order chi connectivity index (χ1) is 18.1. The van der Waals surface area contributed by atoms with E-state index >= 15 is 0 Å². The number of benzene rings is 1. The van der Waals surface area contributed by atoms with Crippen molar-refractivity contribution in [3.05, 3.63) is 71.6 Å². The van der Waals surface area contributed by atoms with Gasteiger partial charge >= 0.3 is 0 Å². The molecule has 11 heteroatoms. The van der Waals surface area contributed by atoms with E-state index in [2.05, 4.69) is 10.3 Å². The molecule has 0 spiro atoms. The van der Waals surface area contributed by atoms with Gasteiger partial charge in [0.25, 0.3) is 5.91 Å². The van der Waals surface area contributed by atoms with E-state index in [0.717, 1.165) is 6.07 Å². The van der Waals surface area contributed by atoms with Crippen LogP contribution in [0.3, 0.4) is 0 Å². The first kappa shape index (κ1) is 26.2. The lowest BCUT2D eigenvalue weighted by Gasteiger charge is -2.43. The molecule has 2 atom stereocenters. The number of likely N-dealkylation sites (tertiary alicyclic amines) is 1. The van der Waals surface area contributed by atoms with Gasteiger partial charge in [-0.05, 0) is 44.0 Å². The number of ether oxygens (including phenoxy) is 1. The number of fused-ring (bicyclic) bond motifs is 1. The van der Waals surface area contributed by atoms with Crippen LogP contribution in [0.1, 0.15) is 42.1 Å². The van der Waals surface area contributed by atoms with Gasteiger partial charge in [-0.15, -0.1) is 0 Å². The molecular formula is C27H30F3N5O3. The van der Waals surface area contributed by atoms with Crippen LogP contribution in [-0.4, -0.2) is 82.0 Å². The average molecular weight is 530 g/mol. The normalized spacial score (nSPS) is 22.0. The van der Waals surface area contributed by atoms with E-state index in [-0.39, 0.29) is 49.0 Å². The molecule has 2 aliphatic heterocycles. The molecule has 4 heterocycles. The van der Waals surface area contributed by atoms with Crippen molar-refractivity contribution in [2.75, 3.05) is 39.4 Å². The summed E-state index contributed by atoms with van der Waals surface area (Å²) >= 11 is 0. The van der Waals surface area contributed by atoms with E-state index in [1.165, 1.54) is 0 Å². The molecule has 2 amide bonds. The van der Waals surface area contributed by atoms with Gasteiger partial charge in [-0.1, -0.05) is 0 Å². The summed E-state index contributed by atoms with van der Waals surface area (Å²) in [5.41, 5.74) is 0.565. The molecule has 2 saturated heterocycles. The number of halogens is 3. The Hall–Kier alpha value is -3.44. The summed E-state index contributed by atoms with van der Waals surface area (Å²) in [6.45, 7) is 5.84. The van der Waals surface area contributed by atoms with Gasteiger partial charge in [0, 0.05) is 43.4 Å². The molecule has 0 saturated carbocycles. The molecule has 38 heavy (non-hydrogen) atoms. The molecule has 2 fully saturated rings. The summed E-state index contributed by atoms with van der Waals surface area (Å²) in [7, 11) is 0. The molecule has 2 aromatic heterocycles. The molecule has 0 radical (unpaired) electrons. The Morgan fingerprint density at radius 1 is 1.21 bits per heavy atom. The number of pyridine rings is 1. The fourth-order valence-corrected chi connectivity index (χ4v) is 5.41. The molecule has 0 aliphatic carbocycles. The third kappa shape index (κ3) is 5.12. The Morgan fingerprint density at radius 2 is 2.03 bits per heavy atom. The van der Waals surface area contributed by atoms with Gasteiger partial charge in [0.2, 0.25) is 5.91 Å². The summed E-state index contributed by atoms with van der Waals surface area (Å²) in [4.78, 5) is 34.4. The highest BCUT2D eigenvalue weighted by Crippen LogP contribution is 2.33. The second-order valence-corrected chi connectivity index (χ2v) is 10.5. The Bertz CT molecular complexity index is 1360. The maximum Gasteiger partial charge on any atom is 0.256 e. The molecule has 3 aromatic rings. The largest absolute Gasteiger partial charge is 0.378 e. The number of nitrogens with one attached hydrogen (secondary N) is 1. The van der Waals surface area contributed by atoms with Crippen molar-refractivity contribution < 1.29 is 27.5 Å². The molecule has 2 aliphatic rings. The SMILES string of the molecule is CC1(C)COCCN1CC(=O)N[C@@H]1CN(C(=O)c2cccn3cncc23)CC[C@H]1c1cc(F)cc(F)c1F. The van der Waals surface area contributed by atoms with Crippen LogP contribution in [0.5, 0.6) is 0 Å². The maximum atomic E-state index is 14.8. The number of rotatable bonds is 5. The molecule has 0 bridgehead atoms. The van der Waals surface area contributed by atoms with Crippen molar-refractivity contribution in [3.63, 3.8) is 0 Å². The third-order valence-electron chi connectivity index (χ3n) is 7.50. The van der Waals surface area contributed by atoms with Crippen LogP contribution in [0.4, 0.5) is 13.2 Å². The van der Waals surface area contributed by atoms with Crippen LogP contribution in [-0.2, 0) is 9.53 Å². The molecule has 0 unspecified atom stereocenters. The number of carbonyl (C=O) groups is 2. The first-order valence-electron chi connectivity index (χ1n) is 12.6. The summed E-state index contributed by atoms with van der Waals surface area (Å²) in [5.74, 6) is -4.64. The number of aromatic nitrogens is 2. The lowest BCUT2D eigenvalue weighted by Crippen LogP contribution is -2.58. The van der Waals surface area contributed by atoms with Gasteiger partial charge < -0.3 is 19.4 Å². The predicted molar refractivity (Wildman–Crippen MR) is 133 cm³/mol. The number of hydrogen-bond acceptors (Lipinski definition) is 5. The van der Waals surface area contributed by atoms with E-state index in [1.807, 2.05) is 18.7 Å². The van der Waals surface area contributed by atoms with E-state index in [4.69, 9.17) is 4.74 Å². The van der Waals surface area contributed by atoms with E-state index in [0.29, 0.717) is 36.9 Å². The summed E-state index contributed by atoms with van der Waals surface area (Å²) < 4.78 is 50.3. The van der Waals surface area contributed by atoms with Crippen LogP contribution < -0.4 is 5.32 Å². The molecule has 5 rings (SSSR count). The van der Waals surface area contributed by atoms with Crippen LogP contribution in [0, 0.1) is 17.5 Å². The number of carbonyl (C=O) groups excluding carboxylic acids is 2. The lowest BCUT2D eigenvalue weighted by atomic mass is 9.84. The minimum atomic E-state index is -1.29. The highest BCUT2D eigenvalue weighted by Gasteiger charge is 2.38. The Kier molecular flexibility index (Phi) is 7.15. The third-order valence-corrected chi connectivity index (χ3v) is 7.50. The molecular weight excluding hydrogens is 499 g/mol. The zero-order chi connectivity index (χ0) is 27.0. The van der Waals surface area contributed by atoms with E-state index in [9.17, 15) is 22.8 Å². The topological polar surface area (TPSA) is 79.2 Å². The Balaban J connectivity index is 1.41. The van der Waals surface area contributed by atoms with Crippen LogP contribution in [0.15, 0.2) is 43.0 Å². The van der Waals surface area contributed by atoms with Gasteiger partial charge in [-0.2, -0.15) is 0 Å². The predicted octanol–water partition coefficient (Wildman–Crippen LogP) is 2.98. The van der Waals surface area contributed by atoms with Crippen molar-refractivity contribution in [1.82, 2.24) is 24.5 Å². The summed E-state index contributed by atoms with van der Waals surface area (Å²) in [6.07, 6.45) is 5.18. The van der Waals surface area contributed by atoms with Crippen molar-refractivity contribution in [2.24, 2.45) is 0 Å². The number of hydrogen-bond donors (Lipinski definition) is 1. The molecule has 1 N–H and O–H groups in total. The van der Waals surface area contributed by atoms with Crippen molar-refractivity contribution in [1.29, 1.82) is 0 Å².